The van der Waals surface area contributed by atoms with E-state index in [1.165, 1.54) is 11.3 Å². The molecule has 0 unspecified atom stereocenters. The van der Waals surface area contributed by atoms with E-state index in [9.17, 15) is 9.90 Å². The number of hydrogen-bond donors (Lipinski definition) is 2. The van der Waals surface area contributed by atoms with Gasteiger partial charge in [-0.15, -0.1) is 11.3 Å². The number of carbonyl (C=O) groups excluding carboxylic acids is 1. The summed E-state index contributed by atoms with van der Waals surface area (Å²) in [6, 6.07) is 9.78. The Kier molecular flexibility index (Phi) is 6.08. The van der Waals surface area contributed by atoms with Gasteiger partial charge < -0.3 is 19.9 Å². The number of fused-ring (bicyclic) bond motifs is 1. The lowest BCUT2D eigenvalue weighted by atomic mass is 9.81. The van der Waals surface area contributed by atoms with Gasteiger partial charge in [0.25, 0.3) is 5.91 Å². The third-order valence-electron chi connectivity index (χ3n) is 7.39. The number of benzene rings is 1. The van der Waals surface area contributed by atoms with Crippen molar-refractivity contribution in [3.05, 3.63) is 58.3 Å². The van der Waals surface area contributed by atoms with Crippen LogP contribution in [0.3, 0.4) is 0 Å². The first-order chi connectivity index (χ1) is 17.4. The number of thiazole rings is 1. The van der Waals surface area contributed by atoms with Crippen molar-refractivity contribution in [1.82, 2.24) is 24.8 Å². The molecule has 9 heteroatoms. The minimum Gasteiger partial charge on any atom is -0.383 e. The zero-order chi connectivity index (χ0) is 24.9. The number of aliphatic hydroxyl groups is 1. The van der Waals surface area contributed by atoms with Crippen molar-refractivity contribution >= 4 is 39.9 Å². The number of hydrogen-bond acceptors (Lipinski definition) is 6. The second-order valence-electron chi connectivity index (χ2n) is 9.87. The highest BCUT2D eigenvalue weighted by Crippen LogP contribution is 2.46. The number of nitrogens with one attached hydrogen (secondary N) is 1. The smallest absolute Gasteiger partial charge is 0.253 e. The number of pyridine rings is 1. The maximum absolute atomic E-state index is 13.0. The Morgan fingerprint density at radius 3 is 2.64 bits per heavy atom. The molecule has 0 spiro atoms. The molecule has 0 radical (unpaired) electrons. The summed E-state index contributed by atoms with van der Waals surface area (Å²) < 4.78 is 0. The fourth-order valence-corrected chi connectivity index (χ4v) is 6.45. The Balaban J connectivity index is 1.29. The highest BCUT2D eigenvalue weighted by Gasteiger charge is 2.39. The lowest BCUT2D eigenvalue weighted by Crippen LogP contribution is -2.34. The summed E-state index contributed by atoms with van der Waals surface area (Å²) in [5.41, 5.74) is 3.37. The number of halogens is 1. The first-order valence-corrected chi connectivity index (χ1v) is 13.6. The molecule has 2 N–H and O–H groups in total. The van der Waals surface area contributed by atoms with E-state index in [4.69, 9.17) is 11.6 Å². The van der Waals surface area contributed by atoms with Crippen molar-refractivity contribution in [3.63, 3.8) is 0 Å². The SMILES string of the molecule is CN1CCCN(C(=O)c2ccc(-c3cc4c(-c5cnc(C6(O)CCC6)s5)c(Cl)cnc4[nH]3)cc2)CC1. The van der Waals surface area contributed by atoms with E-state index in [-0.39, 0.29) is 5.91 Å². The molecule has 0 bridgehead atoms. The van der Waals surface area contributed by atoms with Gasteiger partial charge in [-0.1, -0.05) is 23.7 Å². The fourth-order valence-electron chi connectivity index (χ4n) is 5.01. The quantitative estimate of drug-likeness (QED) is 0.387. The molecule has 3 aromatic heterocycles. The van der Waals surface area contributed by atoms with Gasteiger partial charge in [0, 0.05) is 54.2 Å². The van der Waals surface area contributed by atoms with E-state index in [1.807, 2.05) is 35.2 Å². The molecule has 7 nitrogen and oxygen atoms in total. The number of H-pyrrole nitrogens is 1. The van der Waals surface area contributed by atoms with Gasteiger partial charge in [-0.05, 0) is 63.0 Å². The van der Waals surface area contributed by atoms with Gasteiger partial charge in [0.05, 0.1) is 9.90 Å². The molecule has 6 rings (SSSR count). The van der Waals surface area contributed by atoms with Crippen LogP contribution >= 0.6 is 22.9 Å². The Morgan fingerprint density at radius 2 is 1.89 bits per heavy atom. The number of nitrogens with zero attached hydrogens (tertiary/aromatic N) is 4. The van der Waals surface area contributed by atoms with E-state index in [2.05, 4.69) is 26.9 Å². The molecule has 2 aliphatic rings. The number of aromatic nitrogens is 3. The highest BCUT2D eigenvalue weighted by atomic mass is 35.5. The van der Waals surface area contributed by atoms with Crippen LogP contribution in [0.25, 0.3) is 32.7 Å². The van der Waals surface area contributed by atoms with E-state index >= 15 is 0 Å². The minimum absolute atomic E-state index is 0.0818. The zero-order valence-corrected chi connectivity index (χ0v) is 21.7. The van der Waals surface area contributed by atoms with Crippen LogP contribution in [0.2, 0.25) is 5.02 Å². The maximum atomic E-state index is 13.0. The first-order valence-electron chi connectivity index (χ1n) is 12.4. The lowest BCUT2D eigenvalue weighted by molar-refractivity contribution is -0.0389. The summed E-state index contributed by atoms with van der Waals surface area (Å²) in [4.78, 5) is 30.6. The summed E-state index contributed by atoms with van der Waals surface area (Å²) in [6.07, 6.45) is 6.96. The van der Waals surface area contributed by atoms with Crippen LogP contribution in [-0.2, 0) is 5.60 Å². The summed E-state index contributed by atoms with van der Waals surface area (Å²) in [6.45, 7) is 3.47. The monoisotopic (exact) mass is 521 g/mol. The van der Waals surface area contributed by atoms with Gasteiger partial charge in [-0.25, -0.2) is 9.97 Å². The van der Waals surface area contributed by atoms with Gasteiger partial charge >= 0.3 is 0 Å². The Labute approximate surface area is 218 Å². The maximum Gasteiger partial charge on any atom is 0.253 e. The van der Waals surface area contributed by atoms with Crippen LogP contribution in [0, 0.1) is 0 Å². The van der Waals surface area contributed by atoms with E-state index in [0.717, 1.165) is 89.6 Å². The average molecular weight is 522 g/mol. The van der Waals surface area contributed by atoms with Crippen LogP contribution < -0.4 is 0 Å². The molecule has 1 aliphatic carbocycles. The van der Waals surface area contributed by atoms with Crippen molar-refractivity contribution in [2.45, 2.75) is 31.3 Å². The summed E-state index contributed by atoms with van der Waals surface area (Å²) in [5, 5.41) is 12.9. The Hall–Kier alpha value is -2.78. The second kappa shape index (κ2) is 9.27. The molecule has 1 saturated heterocycles. The normalized spacial score (nSPS) is 18.2. The van der Waals surface area contributed by atoms with Crippen molar-refractivity contribution < 1.29 is 9.90 Å². The van der Waals surface area contributed by atoms with Crippen LogP contribution in [0.15, 0.2) is 42.7 Å². The first kappa shape index (κ1) is 23.6. The molecule has 0 atom stereocenters. The van der Waals surface area contributed by atoms with Crippen LogP contribution in [-0.4, -0.2) is 69.0 Å². The predicted octanol–water partition coefficient (Wildman–Crippen LogP) is 5.16. The third-order valence-corrected chi connectivity index (χ3v) is 8.89. The lowest BCUT2D eigenvalue weighted by Gasteiger charge is -2.34. The topological polar surface area (TPSA) is 85.3 Å². The molecule has 1 aromatic carbocycles. The van der Waals surface area contributed by atoms with Gasteiger partial charge in [0.2, 0.25) is 0 Å². The number of amides is 1. The summed E-state index contributed by atoms with van der Waals surface area (Å²) in [5.74, 6) is 0.0818. The van der Waals surface area contributed by atoms with Gasteiger partial charge in [0.15, 0.2) is 0 Å². The fraction of sp³-hybridized carbons (Fsp3) is 0.370. The highest BCUT2D eigenvalue weighted by molar-refractivity contribution is 7.15. The largest absolute Gasteiger partial charge is 0.383 e. The van der Waals surface area contributed by atoms with Crippen molar-refractivity contribution in [1.29, 1.82) is 0 Å². The molecule has 4 heterocycles. The standard InChI is InChI=1S/C27H28ClN5O2S/c1-32-10-3-11-33(13-12-32)25(34)18-6-4-17(5-7-18)21-14-19-23(20(28)15-29-24(19)31-21)22-16-30-26(36-22)27(35)8-2-9-27/h4-7,14-16,35H,2-3,8-13H2,1H3,(H,29,31). The van der Waals surface area contributed by atoms with Crippen molar-refractivity contribution in [2.24, 2.45) is 0 Å². The summed E-state index contributed by atoms with van der Waals surface area (Å²) >= 11 is 8.10. The number of aromatic amines is 1. The van der Waals surface area contributed by atoms with Gasteiger partial charge in [0.1, 0.15) is 16.3 Å². The third kappa shape index (κ3) is 4.22. The molecular weight excluding hydrogens is 494 g/mol. The van der Waals surface area contributed by atoms with Gasteiger partial charge in [-0.3, -0.25) is 4.79 Å². The predicted molar refractivity (Wildman–Crippen MR) is 143 cm³/mol. The zero-order valence-electron chi connectivity index (χ0n) is 20.1. The Morgan fingerprint density at radius 1 is 1.08 bits per heavy atom. The summed E-state index contributed by atoms with van der Waals surface area (Å²) in [7, 11) is 2.10. The van der Waals surface area contributed by atoms with Crippen LogP contribution in [0.4, 0.5) is 0 Å². The minimum atomic E-state index is -0.798. The van der Waals surface area contributed by atoms with Gasteiger partial charge in [-0.2, -0.15) is 0 Å². The molecule has 1 amide bonds. The Bertz CT molecular complexity index is 1430. The molecule has 4 aromatic rings. The molecule has 186 valence electrons. The molecular formula is C27H28ClN5O2S. The van der Waals surface area contributed by atoms with Crippen molar-refractivity contribution in [2.75, 3.05) is 33.2 Å². The van der Waals surface area contributed by atoms with Crippen LogP contribution in [0.5, 0.6) is 0 Å². The average Bonchev–Trinajstić information content (AvgIpc) is 3.46. The molecule has 1 aliphatic heterocycles. The van der Waals surface area contributed by atoms with E-state index in [1.54, 1.807) is 12.4 Å². The van der Waals surface area contributed by atoms with E-state index in [0.29, 0.717) is 10.6 Å². The van der Waals surface area contributed by atoms with Crippen molar-refractivity contribution in [3.8, 4) is 21.7 Å². The number of likely N-dealkylation sites (N-methyl/N-ethyl adjacent to an activating group) is 1. The number of rotatable bonds is 4. The molecule has 36 heavy (non-hydrogen) atoms. The van der Waals surface area contributed by atoms with Crippen LogP contribution in [0.1, 0.15) is 41.0 Å². The number of carbonyl (C=O) groups is 1. The molecule has 1 saturated carbocycles. The molecule has 2 fully saturated rings. The van der Waals surface area contributed by atoms with E-state index < -0.39 is 5.60 Å². The second-order valence-corrected chi connectivity index (χ2v) is 11.3.